The van der Waals surface area contributed by atoms with Crippen molar-refractivity contribution < 1.29 is 5.11 Å². The van der Waals surface area contributed by atoms with Crippen molar-refractivity contribution in [3.63, 3.8) is 0 Å². The third kappa shape index (κ3) is 3.43. The summed E-state index contributed by atoms with van der Waals surface area (Å²) >= 11 is 0. The number of rotatable bonds is 4. The van der Waals surface area contributed by atoms with E-state index in [1.807, 2.05) is 13.0 Å². The predicted octanol–water partition coefficient (Wildman–Crippen LogP) is 3.67. The normalized spacial score (nSPS) is 12.4. The molecule has 0 unspecified atom stereocenters. The molecule has 1 N–H and O–H groups in total. The molecule has 0 fully saturated rings. The van der Waals surface area contributed by atoms with Crippen LogP contribution in [0, 0.1) is 0 Å². The van der Waals surface area contributed by atoms with E-state index >= 15 is 0 Å². The second kappa shape index (κ2) is 5.65. The summed E-state index contributed by atoms with van der Waals surface area (Å²) in [4.78, 5) is 0. The summed E-state index contributed by atoms with van der Waals surface area (Å²) in [6.45, 7) is 1.83. The molecule has 1 nitrogen and oxygen atoms in total. The zero-order chi connectivity index (χ0) is 12.1. The molecule has 0 aromatic heterocycles. The Hall–Kier alpha value is -1.60. The SMILES string of the molecule is C[C@@H](O)CCc1ccc(-c2ccccc2)cc1. The van der Waals surface area contributed by atoms with Crippen LogP contribution in [0.15, 0.2) is 54.6 Å². The Morgan fingerprint density at radius 3 is 2.06 bits per heavy atom. The molecule has 2 aromatic rings. The van der Waals surface area contributed by atoms with Gasteiger partial charge in [-0.1, -0.05) is 54.6 Å². The molecule has 0 spiro atoms. The summed E-state index contributed by atoms with van der Waals surface area (Å²) < 4.78 is 0. The molecule has 1 heteroatoms. The molecule has 2 aromatic carbocycles. The van der Waals surface area contributed by atoms with Gasteiger partial charge in [-0.25, -0.2) is 0 Å². The Morgan fingerprint density at radius 2 is 1.47 bits per heavy atom. The summed E-state index contributed by atoms with van der Waals surface area (Å²) in [6, 6.07) is 18.9. The fourth-order valence-corrected chi connectivity index (χ4v) is 1.87. The fraction of sp³-hybridized carbons (Fsp3) is 0.250. The topological polar surface area (TPSA) is 20.2 Å². The number of benzene rings is 2. The Balaban J connectivity index is 2.08. The molecular formula is C16H18O. The Morgan fingerprint density at radius 1 is 0.882 bits per heavy atom. The van der Waals surface area contributed by atoms with Gasteiger partial charge in [0.1, 0.15) is 0 Å². The molecule has 0 bridgehead atoms. The smallest absolute Gasteiger partial charge is 0.0515 e. The number of aliphatic hydroxyl groups excluding tert-OH is 1. The van der Waals surface area contributed by atoms with Crippen molar-refractivity contribution in [2.45, 2.75) is 25.9 Å². The lowest BCUT2D eigenvalue weighted by molar-refractivity contribution is 0.185. The molecule has 0 saturated carbocycles. The van der Waals surface area contributed by atoms with Crippen molar-refractivity contribution in [3.8, 4) is 11.1 Å². The van der Waals surface area contributed by atoms with Gasteiger partial charge in [-0.05, 0) is 36.5 Å². The molecule has 1 atom stereocenters. The Labute approximate surface area is 103 Å². The highest BCUT2D eigenvalue weighted by Gasteiger charge is 1.99. The number of hydrogen-bond acceptors (Lipinski definition) is 1. The minimum absolute atomic E-state index is 0.219. The van der Waals surface area contributed by atoms with Gasteiger partial charge in [-0.3, -0.25) is 0 Å². The van der Waals surface area contributed by atoms with Crippen LogP contribution in [0.25, 0.3) is 11.1 Å². The first kappa shape index (κ1) is 11.9. The van der Waals surface area contributed by atoms with Gasteiger partial charge in [0.25, 0.3) is 0 Å². The van der Waals surface area contributed by atoms with Crippen LogP contribution in [0.2, 0.25) is 0 Å². The molecule has 0 saturated heterocycles. The first-order valence-corrected chi connectivity index (χ1v) is 6.08. The summed E-state index contributed by atoms with van der Waals surface area (Å²) in [5.41, 5.74) is 3.77. The quantitative estimate of drug-likeness (QED) is 0.843. The van der Waals surface area contributed by atoms with Crippen LogP contribution in [0.4, 0.5) is 0 Å². The largest absolute Gasteiger partial charge is 0.393 e. The van der Waals surface area contributed by atoms with Crippen LogP contribution in [-0.2, 0) is 6.42 Å². The minimum atomic E-state index is -0.219. The Kier molecular flexibility index (Phi) is 3.94. The van der Waals surface area contributed by atoms with E-state index in [-0.39, 0.29) is 6.10 Å². The molecule has 0 heterocycles. The van der Waals surface area contributed by atoms with Crippen LogP contribution in [-0.4, -0.2) is 11.2 Å². The molecule has 0 aliphatic heterocycles. The fourth-order valence-electron chi connectivity index (χ4n) is 1.87. The van der Waals surface area contributed by atoms with E-state index in [1.54, 1.807) is 0 Å². The average Bonchev–Trinajstić information content (AvgIpc) is 2.38. The second-order valence-corrected chi connectivity index (χ2v) is 4.45. The van der Waals surface area contributed by atoms with Gasteiger partial charge in [0.2, 0.25) is 0 Å². The lowest BCUT2D eigenvalue weighted by Gasteiger charge is -2.06. The maximum atomic E-state index is 9.25. The van der Waals surface area contributed by atoms with Crippen LogP contribution in [0.5, 0.6) is 0 Å². The van der Waals surface area contributed by atoms with Gasteiger partial charge in [-0.2, -0.15) is 0 Å². The second-order valence-electron chi connectivity index (χ2n) is 4.45. The van der Waals surface area contributed by atoms with Gasteiger partial charge >= 0.3 is 0 Å². The highest BCUT2D eigenvalue weighted by Crippen LogP contribution is 2.19. The van der Waals surface area contributed by atoms with Crippen LogP contribution < -0.4 is 0 Å². The molecule has 0 radical (unpaired) electrons. The van der Waals surface area contributed by atoms with Crippen molar-refractivity contribution >= 4 is 0 Å². The van der Waals surface area contributed by atoms with E-state index < -0.39 is 0 Å². The lowest BCUT2D eigenvalue weighted by Crippen LogP contribution is -2.01. The summed E-state index contributed by atoms with van der Waals surface area (Å²) in [5, 5.41) is 9.25. The van der Waals surface area contributed by atoms with Crippen molar-refractivity contribution in [1.29, 1.82) is 0 Å². The van der Waals surface area contributed by atoms with Gasteiger partial charge in [0.15, 0.2) is 0 Å². The lowest BCUT2D eigenvalue weighted by atomic mass is 10.0. The van der Waals surface area contributed by atoms with Crippen molar-refractivity contribution in [2.75, 3.05) is 0 Å². The zero-order valence-electron chi connectivity index (χ0n) is 10.1. The molecule has 17 heavy (non-hydrogen) atoms. The monoisotopic (exact) mass is 226 g/mol. The summed E-state index contributed by atoms with van der Waals surface area (Å²) in [5.74, 6) is 0. The zero-order valence-corrected chi connectivity index (χ0v) is 10.1. The maximum absolute atomic E-state index is 9.25. The van der Waals surface area contributed by atoms with Gasteiger partial charge < -0.3 is 5.11 Å². The van der Waals surface area contributed by atoms with Crippen molar-refractivity contribution in [3.05, 3.63) is 60.2 Å². The van der Waals surface area contributed by atoms with E-state index in [0.717, 1.165) is 12.8 Å². The Bertz CT molecular complexity index is 443. The number of aliphatic hydroxyl groups is 1. The standard InChI is InChI=1S/C16H18O/c1-13(17)7-8-14-9-11-16(12-10-14)15-5-3-2-4-6-15/h2-6,9-13,17H,7-8H2,1H3/t13-/m1/s1. The predicted molar refractivity (Wildman–Crippen MR) is 71.9 cm³/mol. The first-order valence-electron chi connectivity index (χ1n) is 6.08. The molecule has 0 aliphatic carbocycles. The van der Waals surface area contributed by atoms with Crippen molar-refractivity contribution in [2.24, 2.45) is 0 Å². The van der Waals surface area contributed by atoms with E-state index in [2.05, 4.69) is 48.5 Å². The third-order valence-corrected chi connectivity index (χ3v) is 2.91. The summed E-state index contributed by atoms with van der Waals surface area (Å²) in [7, 11) is 0. The van der Waals surface area contributed by atoms with E-state index in [1.165, 1.54) is 16.7 Å². The number of hydrogen-bond donors (Lipinski definition) is 1. The van der Waals surface area contributed by atoms with Gasteiger partial charge in [0.05, 0.1) is 6.10 Å². The molecular weight excluding hydrogens is 208 g/mol. The third-order valence-electron chi connectivity index (χ3n) is 2.91. The summed E-state index contributed by atoms with van der Waals surface area (Å²) in [6.07, 6.45) is 1.54. The molecule has 2 rings (SSSR count). The van der Waals surface area contributed by atoms with E-state index in [9.17, 15) is 5.11 Å². The highest BCUT2D eigenvalue weighted by atomic mass is 16.3. The maximum Gasteiger partial charge on any atom is 0.0515 e. The average molecular weight is 226 g/mol. The van der Waals surface area contributed by atoms with Crippen molar-refractivity contribution in [1.82, 2.24) is 0 Å². The number of aryl methyl sites for hydroxylation is 1. The van der Waals surface area contributed by atoms with Crippen LogP contribution in [0.1, 0.15) is 18.9 Å². The highest BCUT2D eigenvalue weighted by molar-refractivity contribution is 5.63. The van der Waals surface area contributed by atoms with Crippen LogP contribution in [0.3, 0.4) is 0 Å². The van der Waals surface area contributed by atoms with E-state index in [0.29, 0.717) is 0 Å². The molecule has 0 amide bonds. The minimum Gasteiger partial charge on any atom is -0.393 e. The van der Waals surface area contributed by atoms with Crippen LogP contribution >= 0.6 is 0 Å². The molecule has 88 valence electrons. The van der Waals surface area contributed by atoms with Gasteiger partial charge in [-0.15, -0.1) is 0 Å². The first-order chi connectivity index (χ1) is 8.25. The molecule has 0 aliphatic rings. The van der Waals surface area contributed by atoms with Gasteiger partial charge in [0, 0.05) is 0 Å². The van der Waals surface area contributed by atoms with E-state index in [4.69, 9.17) is 0 Å².